The SMILES string of the molecule is CC/C=C/C/C=C/C/C=C/CCCCCCC(CC(=O)NC(CO)C(O)CCCCCCCCCCCCCCCC)OC(=O)CCCCCCC/C=C\CCC. The second-order valence-electron chi connectivity index (χ2n) is 16.5. The zero-order valence-electron chi connectivity index (χ0n) is 37.7. The molecular weight excluding hydrogens is 707 g/mol. The molecule has 0 aromatic heterocycles. The van der Waals surface area contributed by atoms with Gasteiger partial charge in [-0.05, 0) is 77.0 Å². The Morgan fingerprint density at radius 3 is 1.53 bits per heavy atom. The number of aliphatic hydroxyl groups is 2. The summed E-state index contributed by atoms with van der Waals surface area (Å²) >= 11 is 0. The van der Waals surface area contributed by atoms with Crippen molar-refractivity contribution in [2.45, 2.75) is 257 Å². The molecule has 3 N–H and O–H groups in total. The molecule has 1 amide bonds. The van der Waals surface area contributed by atoms with Gasteiger partial charge in [0.25, 0.3) is 0 Å². The van der Waals surface area contributed by atoms with Gasteiger partial charge < -0.3 is 20.3 Å². The fourth-order valence-corrected chi connectivity index (χ4v) is 7.21. The number of unbranched alkanes of at least 4 members (excludes halogenated alkanes) is 23. The first-order valence-electron chi connectivity index (χ1n) is 24.4. The molecule has 0 bridgehead atoms. The van der Waals surface area contributed by atoms with E-state index >= 15 is 0 Å². The van der Waals surface area contributed by atoms with Crippen molar-refractivity contribution in [3.63, 3.8) is 0 Å². The molecule has 332 valence electrons. The van der Waals surface area contributed by atoms with Gasteiger partial charge in [0.1, 0.15) is 6.10 Å². The molecular formula is C51H93NO5. The normalized spacial score (nSPS) is 13.7. The van der Waals surface area contributed by atoms with E-state index in [-0.39, 0.29) is 24.9 Å². The fourth-order valence-electron chi connectivity index (χ4n) is 7.21. The first-order valence-corrected chi connectivity index (χ1v) is 24.4. The van der Waals surface area contributed by atoms with Gasteiger partial charge >= 0.3 is 5.97 Å². The van der Waals surface area contributed by atoms with Crippen LogP contribution < -0.4 is 5.32 Å². The number of amides is 1. The molecule has 0 aliphatic carbocycles. The lowest BCUT2D eigenvalue weighted by molar-refractivity contribution is -0.151. The minimum atomic E-state index is -0.794. The molecule has 3 unspecified atom stereocenters. The number of rotatable bonds is 43. The summed E-state index contributed by atoms with van der Waals surface area (Å²) in [6, 6.07) is -0.709. The molecule has 6 nitrogen and oxygen atoms in total. The van der Waals surface area contributed by atoms with Gasteiger partial charge in [-0.2, -0.15) is 0 Å². The first kappa shape index (κ1) is 54.8. The van der Waals surface area contributed by atoms with Gasteiger partial charge in [0.05, 0.1) is 25.2 Å². The van der Waals surface area contributed by atoms with Crippen molar-refractivity contribution in [3.8, 4) is 0 Å². The van der Waals surface area contributed by atoms with Gasteiger partial charge in [0, 0.05) is 6.42 Å². The number of aliphatic hydroxyl groups excluding tert-OH is 2. The van der Waals surface area contributed by atoms with Crippen LogP contribution in [0.25, 0.3) is 0 Å². The number of ether oxygens (including phenoxy) is 1. The van der Waals surface area contributed by atoms with Gasteiger partial charge in [-0.3, -0.25) is 9.59 Å². The van der Waals surface area contributed by atoms with Crippen LogP contribution in [0.15, 0.2) is 48.6 Å². The molecule has 0 fully saturated rings. The molecule has 0 saturated heterocycles. The third-order valence-electron chi connectivity index (χ3n) is 10.9. The zero-order valence-corrected chi connectivity index (χ0v) is 37.7. The Hall–Kier alpha value is -2.18. The Balaban J connectivity index is 4.59. The maximum absolute atomic E-state index is 13.2. The number of nitrogens with one attached hydrogen (secondary N) is 1. The highest BCUT2D eigenvalue weighted by atomic mass is 16.5. The standard InChI is InChI=1S/C51H93NO5/c1-4-7-10-13-16-19-22-24-26-28-30-33-36-39-42-47(57-51(56)44-41-38-35-32-21-18-15-12-9-6-3)45-50(55)52-48(46-53)49(54)43-40-37-34-31-29-27-25-23-20-17-14-11-8-5-2/h7,10,12,15-16,19,24,26,47-49,53-54H,4-6,8-9,11,13-14,17-18,20-23,25,27-46H2,1-3H3,(H,52,55)/b10-7+,15-12-,19-16+,26-24+. The van der Waals surface area contributed by atoms with Gasteiger partial charge in [-0.15, -0.1) is 0 Å². The lowest BCUT2D eigenvalue weighted by atomic mass is 10.0. The average molecular weight is 800 g/mol. The van der Waals surface area contributed by atoms with Crippen LogP contribution in [-0.2, 0) is 14.3 Å². The van der Waals surface area contributed by atoms with E-state index in [9.17, 15) is 19.8 Å². The van der Waals surface area contributed by atoms with Crippen molar-refractivity contribution < 1.29 is 24.5 Å². The Morgan fingerprint density at radius 2 is 0.982 bits per heavy atom. The molecule has 0 aliphatic rings. The largest absolute Gasteiger partial charge is 0.462 e. The van der Waals surface area contributed by atoms with Crippen molar-refractivity contribution in [3.05, 3.63) is 48.6 Å². The van der Waals surface area contributed by atoms with E-state index in [1.54, 1.807) is 0 Å². The molecule has 0 aromatic carbocycles. The van der Waals surface area contributed by atoms with E-state index in [0.29, 0.717) is 19.3 Å². The van der Waals surface area contributed by atoms with Crippen molar-refractivity contribution in [1.82, 2.24) is 5.32 Å². The molecule has 0 saturated carbocycles. The van der Waals surface area contributed by atoms with Crippen LogP contribution in [0, 0.1) is 0 Å². The third kappa shape index (κ3) is 40.4. The smallest absolute Gasteiger partial charge is 0.306 e. The highest BCUT2D eigenvalue weighted by Crippen LogP contribution is 2.17. The highest BCUT2D eigenvalue weighted by molar-refractivity contribution is 5.77. The van der Waals surface area contributed by atoms with Crippen LogP contribution in [0.2, 0.25) is 0 Å². The molecule has 0 aromatic rings. The number of esters is 1. The zero-order chi connectivity index (χ0) is 41.7. The molecule has 0 spiro atoms. The number of carbonyl (C=O) groups is 2. The molecule has 0 heterocycles. The van der Waals surface area contributed by atoms with Crippen LogP contribution in [0.4, 0.5) is 0 Å². The lowest BCUT2D eigenvalue weighted by Crippen LogP contribution is -2.46. The predicted octanol–water partition coefficient (Wildman–Crippen LogP) is 14.3. The van der Waals surface area contributed by atoms with E-state index in [2.05, 4.69) is 74.7 Å². The molecule has 57 heavy (non-hydrogen) atoms. The summed E-state index contributed by atoms with van der Waals surface area (Å²) in [6.45, 7) is 6.30. The summed E-state index contributed by atoms with van der Waals surface area (Å²) in [6.07, 6.45) is 53.1. The summed E-state index contributed by atoms with van der Waals surface area (Å²) in [5.41, 5.74) is 0. The summed E-state index contributed by atoms with van der Waals surface area (Å²) in [5, 5.41) is 23.7. The number of carbonyl (C=O) groups excluding carboxylic acids is 2. The monoisotopic (exact) mass is 800 g/mol. The molecule has 0 radical (unpaired) electrons. The molecule has 0 aliphatic heterocycles. The molecule has 6 heteroatoms. The first-order chi connectivity index (χ1) is 28.0. The average Bonchev–Trinajstić information content (AvgIpc) is 3.20. The summed E-state index contributed by atoms with van der Waals surface area (Å²) < 4.78 is 5.89. The van der Waals surface area contributed by atoms with E-state index in [1.807, 2.05) is 0 Å². The van der Waals surface area contributed by atoms with E-state index in [4.69, 9.17) is 4.74 Å². The second-order valence-corrected chi connectivity index (χ2v) is 16.5. The highest BCUT2D eigenvalue weighted by Gasteiger charge is 2.24. The summed E-state index contributed by atoms with van der Waals surface area (Å²) in [5.74, 6) is -0.507. The van der Waals surface area contributed by atoms with Crippen LogP contribution in [0.3, 0.4) is 0 Å². The quantitative estimate of drug-likeness (QED) is 0.0324. The Bertz CT molecular complexity index is 988. The Labute approximate surface area is 353 Å². The van der Waals surface area contributed by atoms with E-state index < -0.39 is 18.2 Å². The van der Waals surface area contributed by atoms with Crippen LogP contribution >= 0.6 is 0 Å². The predicted molar refractivity (Wildman–Crippen MR) is 245 cm³/mol. The molecule has 0 rings (SSSR count). The minimum Gasteiger partial charge on any atom is -0.462 e. The van der Waals surface area contributed by atoms with Crippen LogP contribution in [0.1, 0.15) is 239 Å². The molecule has 3 atom stereocenters. The lowest BCUT2D eigenvalue weighted by Gasteiger charge is -2.24. The van der Waals surface area contributed by atoms with Crippen LogP contribution in [-0.4, -0.2) is 46.9 Å². The fraction of sp³-hybridized carbons (Fsp3) is 0.804. The number of allylic oxidation sites excluding steroid dienone is 8. The second kappa shape index (κ2) is 44.9. The maximum Gasteiger partial charge on any atom is 0.306 e. The van der Waals surface area contributed by atoms with Gasteiger partial charge in [-0.1, -0.05) is 198 Å². The maximum atomic E-state index is 13.2. The van der Waals surface area contributed by atoms with E-state index in [0.717, 1.165) is 103 Å². The Morgan fingerprint density at radius 1 is 0.526 bits per heavy atom. The van der Waals surface area contributed by atoms with Gasteiger partial charge in [-0.25, -0.2) is 0 Å². The topological polar surface area (TPSA) is 95.9 Å². The van der Waals surface area contributed by atoms with Crippen molar-refractivity contribution in [2.75, 3.05) is 6.61 Å². The van der Waals surface area contributed by atoms with Crippen LogP contribution in [0.5, 0.6) is 0 Å². The van der Waals surface area contributed by atoms with Gasteiger partial charge in [0.15, 0.2) is 0 Å². The van der Waals surface area contributed by atoms with E-state index in [1.165, 1.54) is 89.9 Å². The number of hydrogen-bond donors (Lipinski definition) is 3. The third-order valence-corrected chi connectivity index (χ3v) is 10.9. The van der Waals surface area contributed by atoms with Crippen molar-refractivity contribution >= 4 is 11.9 Å². The Kier molecular flexibility index (Phi) is 43.2. The minimum absolute atomic E-state index is 0.0594. The van der Waals surface area contributed by atoms with Gasteiger partial charge in [0.2, 0.25) is 5.91 Å². The van der Waals surface area contributed by atoms with Crippen molar-refractivity contribution in [1.29, 1.82) is 0 Å². The summed E-state index contributed by atoms with van der Waals surface area (Å²) in [4.78, 5) is 26.0. The van der Waals surface area contributed by atoms with Crippen molar-refractivity contribution in [2.24, 2.45) is 0 Å². The summed E-state index contributed by atoms with van der Waals surface area (Å²) in [7, 11) is 0. The number of hydrogen-bond acceptors (Lipinski definition) is 5.